The van der Waals surface area contributed by atoms with Crippen molar-refractivity contribution in [2.75, 3.05) is 31.6 Å². The number of rotatable bonds is 6. The van der Waals surface area contributed by atoms with Gasteiger partial charge in [-0.2, -0.15) is 0 Å². The number of fused-ring (bicyclic) bond motifs is 1. The normalized spacial score (nSPS) is 32.4. The number of hydrogen-bond acceptors (Lipinski definition) is 4. The minimum Gasteiger partial charge on any atom is -0.385 e. The van der Waals surface area contributed by atoms with Gasteiger partial charge in [0.1, 0.15) is 11.4 Å². The molecule has 2 N–H and O–H groups in total. The smallest absolute Gasteiger partial charge is 0.123 e. The SMILES string of the molecule is CCN(CC)C[C@@H]1CC[C@@H](Nc2ccc(F)cc2)[C@@]2(O)CCCO[C@H]12. The molecule has 1 aliphatic heterocycles. The fraction of sp³-hybridized carbons (Fsp3) is 0.700. The van der Waals surface area contributed by atoms with Crippen molar-refractivity contribution in [2.45, 2.75) is 57.3 Å². The molecule has 0 radical (unpaired) electrons. The number of halogens is 1. The van der Waals surface area contributed by atoms with Crippen molar-refractivity contribution in [2.24, 2.45) is 5.92 Å². The number of benzene rings is 1. The van der Waals surface area contributed by atoms with E-state index in [4.69, 9.17) is 4.74 Å². The molecule has 2 fully saturated rings. The lowest BCUT2D eigenvalue weighted by molar-refractivity contribution is -0.192. The highest BCUT2D eigenvalue weighted by Crippen LogP contribution is 2.42. The predicted octanol–water partition coefficient (Wildman–Crippen LogP) is 3.27. The summed E-state index contributed by atoms with van der Waals surface area (Å²) in [5.41, 5.74) is -0.00533. The Hall–Kier alpha value is -1.17. The lowest BCUT2D eigenvalue weighted by Gasteiger charge is -2.52. The van der Waals surface area contributed by atoms with Crippen LogP contribution in [0.25, 0.3) is 0 Å². The molecule has 4 nitrogen and oxygen atoms in total. The Balaban J connectivity index is 1.75. The van der Waals surface area contributed by atoms with Gasteiger partial charge in [-0.1, -0.05) is 13.8 Å². The highest BCUT2D eigenvalue weighted by atomic mass is 19.1. The Bertz CT molecular complexity index is 549. The van der Waals surface area contributed by atoms with Gasteiger partial charge in [0.05, 0.1) is 12.1 Å². The largest absolute Gasteiger partial charge is 0.385 e. The molecule has 1 heterocycles. The van der Waals surface area contributed by atoms with E-state index in [-0.39, 0.29) is 18.0 Å². The third-order valence-electron chi connectivity index (χ3n) is 5.94. The summed E-state index contributed by atoms with van der Waals surface area (Å²) in [5.74, 6) is 0.113. The van der Waals surface area contributed by atoms with Crippen LogP contribution in [0.1, 0.15) is 39.5 Å². The van der Waals surface area contributed by atoms with E-state index in [0.29, 0.717) is 5.92 Å². The van der Waals surface area contributed by atoms with Crippen LogP contribution in [0.2, 0.25) is 0 Å². The van der Waals surface area contributed by atoms with Crippen molar-refractivity contribution >= 4 is 5.69 Å². The molecule has 2 aliphatic rings. The topological polar surface area (TPSA) is 44.7 Å². The summed E-state index contributed by atoms with van der Waals surface area (Å²) in [6.07, 6.45) is 3.44. The maximum atomic E-state index is 13.1. The molecular weight excluding hydrogens is 319 g/mol. The van der Waals surface area contributed by atoms with E-state index in [1.807, 2.05) is 0 Å². The number of nitrogens with zero attached hydrogens (tertiary/aromatic N) is 1. The average Bonchev–Trinajstić information content (AvgIpc) is 2.63. The molecule has 0 unspecified atom stereocenters. The maximum Gasteiger partial charge on any atom is 0.123 e. The van der Waals surface area contributed by atoms with Crippen LogP contribution in [0.4, 0.5) is 10.1 Å². The molecule has 1 aromatic carbocycles. The molecule has 0 amide bonds. The fourth-order valence-electron chi connectivity index (χ4n) is 4.50. The number of hydrogen-bond donors (Lipinski definition) is 2. The summed E-state index contributed by atoms with van der Waals surface area (Å²) in [6, 6.07) is 6.32. The maximum absolute atomic E-state index is 13.1. The van der Waals surface area contributed by atoms with Gasteiger partial charge in [-0.15, -0.1) is 0 Å². The summed E-state index contributed by atoms with van der Waals surface area (Å²) in [6.45, 7) is 8.11. The van der Waals surface area contributed by atoms with Crippen molar-refractivity contribution in [3.05, 3.63) is 30.1 Å². The van der Waals surface area contributed by atoms with Crippen LogP contribution in [-0.4, -0.2) is 54.0 Å². The van der Waals surface area contributed by atoms with E-state index < -0.39 is 5.60 Å². The second-order valence-corrected chi connectivity index (χ2v) is 7.41. The van der Waals surface area contributed by atoms with Gasteiger partial charge in [0.2, 0.25) is 0 Å². The van der Waals surface area contributed by atoms with E-state index in [1.165, 1.54) is 12.1 Å². The lowest BCUT2D eigenvalue weighted by Crippen LogP contribution is -2.64. The molecular formula is C20H31FN2O2. The summed E-state index contributed by atoms with van der Waals surface area (Å²) in [7, 11) is 0. The van der Waals surface area contributed by atoms with E-state index >= 15 is 0 Å². The van der Waals surface area contributed by atoms with E-state index in [1.54, 1.807) is 12.1 Å². The van der Waals surface area contributed by atoms with Crippen LogP contribution in [0, 0.1) is 11.7 Å². The molecule has 4 atom stereocenters. The molecule has 1 aliphatic carbocycles. The first kappa shape index (κ1) is 18.6. The summed E-state index contributed by atoms with van der Waals surface area (Å²) < 4.78 is 19.2. The Kier molecular flexibility index (Phi) is 5.97. The number of aliphatic hydroxyl groups is 1. The molecule has 5 heteroatoms. The molecule has 0 spiro atoms. The lowest BCUT2D eigenvalue weighted by atomic mass is 9.68. The van der Waals surface area contributed by atoms with Crippen LogP contribution in [0.15, 0.2) is 24.3 Å². The van der Waals surface area contributed by atoms with Crippen LogP contribution >= 0.6 is 0 Å². The summed E-state index contributed by atoms with van der Waals surface area (Å²) >= 11 is 0. The Morgan fingerprint density at radius 1 is 1.24 bits per heavy atom. The van der Waals surface area contributed by atoms with Gasteiger partial charge in [0.25, 0.3) is 0 Å². The first-order valence-corrected chi connectivity index (χ1v) is 9.65. The van der Waals surface area contributed by atoms with Crippen molar-refractivity contribution in [3.8, 4) is 0 Å². The molecule has 0 bridgehead atoms. The summed E-state index contributed by atoms with van der Waals surface area (Å²) in [5, 5.41) is 15.0. The Morgan fingerprint density at radius 2 is 1.96 bits per heavy atom. The van der Waals surface area contributed by atoms with Gasteiger partial charge >= 0.3 is 0 Å². The van der Waals surface area contributed by atoms with E-state index in [0.717, 1.165) is 57.6 Å². The third kappa shape index (κ3) is 3.99. The van der Waals surface area contributed by atoms with Crippen LogP contribution in [0.5, 0.6) is 0 Å². The average molecular weight is 350 g/mol. The van der Waals surface area contributed by atoms with Crippen molar-refractivity contribution in [1.29, 1.82) is 0 Å². The predicted molar refractivity (Wildman–Crippen MR) is 98.2 cm³/mol. The number of anilines is 1. The second-order valence-electron chi connectivity index (χ2n) is 7.41. The second kappa shape index (κ2) is 8.02. The molecule has 3 rings (SSSR count). The van der Waals surface area contributed by atoms with Crippen molar-refractivity contribution in [3.63, 3.8) is 0 Å². The van der Waals surface area contributed by atoms with Crippen molar-refractivity contribution in [1.82, 2.24) is 4.90 Å². The molecule has 1 aromatic rings. The monoisotopic (exact) mass is 350 g/mol. The van der Waals surface area contributed by atoms with Gasteiger partial charge in [-0.3, -0.25) is 0 Å². The molecule has 140 valence electrons. The highest BCUT2D eigenvalue weighted by molar-refractivity contribution is 5.45. The third-order valence-corrected chi connectivity index (χ3v) is 5.94. The molecule has 25 heavy (non-hydrogen) atoms. The minimum absolute atomic E-state index is 0.0591. The van der Waals surface area contributed by atoms with Crippen molar-refractivity contribution < 1.29 is 14.2 Å². The number of nitrogens with one attached hydrogen (secondary N) is 1. The zero-order valence-electron chi connectivity index (χ0n) is 15.4. The zero-order valence-corrected chi connectivity index (χ0v) is 15.4. The summed E-state index contributed by atoms with van der Waals surface area (Å²) in [4.78, 5) is 2.41. The van der Waals surface area contributed by atoms with Gasteiger partial charge in [0.15, 0.2) is 0 Å². The Morgan fingerprint density at radius 3 is 2.64 bits per heavy atom. The number of ether oxygens (including phenoxy) is 1. The van der Waals surface area contributed by atoms with Crippen LogP contribution in [0.3, 0.4) is 0 Å². The Labute approximate surface area is 150 Å². The van der Waals surface area contributed by atoms with Gasteiger partial charge in [-0.25, -0.2) is 4.39 Å². The van der Waals surface area contributed by atoms with E-state index in [2.05, 4.69) is 24.1 Å². The first-order chi connectivity index (χ1) is 12.1. The van der Waals surface area contributed by atoms with Gasteiger partial charge in [-0.05, 0) is 63.0 Å². The zero-order chi connectivity index (χ0) is 17.9. The molecule has 1 saturated heterocycles. The van der Waals surface area contributed by atoms with Crippen LogP contribution in [-0.2, 0) is 4.74 Å². The standard InChI is InChI=1S/C20H31FN2O2/c1-3-23(4-2)14-15-6-11-18(20(24)12-5-13-25-19(15)20)22-17-9-7-16(21)8-10-17/h7-10,15,18-19,22,24H,3-6,11-14H2,1-2H3/t15-,18+,19+,20-/m0/s1. The van der Waals surface area contributed by atoms with Gasteiger partial charge in [0, 0.05) is 24.8 Å². The van der Waals surface area contributed by atoms with Gasteiger partial charge < -0.3 is 20.1 Å². The quantitative estimate of drug-likeness (QED) is 0.827. The highest BCUT2D eigenvalue weighted by Gasteiger charge is 2.52. The first-order valence-electron chi connectivity index (χ1n) is 9.65. The van der Waals surface area contributed by atoms with Crippen LogP contribution < -0.4 is 5.32 Å². The molecule has 0 aromatic heterocycles. The van der Waals surface area contributed by atoms with E-state index in [9.17, 15) is 9.50 Å². The fourth-order valence-corrected chi connectivity index (χ4v) is 4.50. The molecule has 1 saturated carbocycles. The minimum atomic E-state index is -0.858.